The van der Waals surface area contributed by atoms with Crippen molar-refractivity contribution in [2.45, 2.75) is 297 Å². The average molecular weight is 1090 g/mol. The second-order valence-corrected chi connectivity index (χ2v) is 21.3. The first-order chi connectivity index (χ1) is 39.0. The minimum Gasteiger partial charge on any atom is -0.462 e. The molecule has 79 heavy (non-hydrogen) atoms. The zero-order valence-corrected chi connectivity index (χ0v) is 51.3. The maximum atomic E-state index is 12.9. The zero-order valence-electron chi connectivity index (χ0n) is 51.3. The molecule has 6 nitrogen and oxygen atoms in total. The first-order valence-corrected chi connectivity index (χ1v) is 32.7. The number of ether oxygens (including phenoxy) is 3. The molecule has 1 unspecified atom stereocenters. The van der Waals surface area contributed by atoms with Gasteiger partial charge in [-0.25, -0.2) is 0 Å². The highest BCUT2D eigenvalue weighted by atomic mass is 16.6. The van der Waals surface area contributed by atoms with Crippen LogP contribution in [0.4, 0.5) is 0 Å². The van der Waals surface area contributed by atoms with E-state index in [9.17, 15) is 14.4 Å². The van der Waals surface area contributed by atoms with Crippen LogP contribution in [-0.2, 0) is 28.6 Å². The van der Waals surface area contributed by atoms with Gasteiger partial charge in [0, 0.05) is 19.3 Å². The Morgan fingerprint density at radius 1 is 0.266 bits per heavy atom. The normalized spacial score (nSPS) is 13.0. The maximum Gasteiger partial charge on any atom is 0.306 e. The summed E-state index contributed by atoms with van der Waals surface area (Å²) in [5.41, 5.74) is 0. The molecule has 0 N–H and O–H groups in total. The van der Waals surface area contributed by atoms with Crippen molar-refractivity contribution in [1.82, 2.24) is 0 Å². The number of carbonyl (C=O) groups excluding carboxylic acids is 3. The molecule has 1 atom stereocenters. The van der Waals surface area contributed by atoms with Crippen LogP contribution in [0.3, 0.4) is 0 Å². The molecule has 0 saturated carbocycles. The number of hydrogen-bond acceptors (Lipinski definition) is 6. The fourth-order valence-corrected chi connectivity index (χ4v) is 8.76. The lowest BCUT2D eigenvalue weighted by Crippen LogP contribution is -2.30. The number of rotatable bonds is 58. The van der Waals surface area contributed by atoms with Crippen molar-refractivity contribution in [3.63, 3.8) is 0 Å². The lowest BCUT2D eigenvalue weighted by molar-refractivity contribution is -0.167. The second kappa shape index (κ2) is 66.1. The van der Waals surface area contributed by atoms with Gasteiger partial charge in [0.05, 0.1) is 0 Å². The van der Waals surface area contributed by atoms with Crippen LogP contribution in [0.5, 0.6) is 0 Å². The van der Waals surface area contributed by atoms with E-state index in [4.69, 9.17) is 14.2 Å². The van der Waals surface area contributed by atoms with Crippen LogP contribution in [0.2, 0.25) is 0 Å². The molecule has 0 spiro atoms. The van der Waals surface area contributed by atoms with Crippen LogP contribution in [-0.4, -0.2) is 37.2 Å². The lowest BCUT2D eigenvalue weighted by atomic mass is 10.1. The van der Waals surface area contributed by atoms with E-state index in [2.05, 4.69) is 154 Å². The summed E-state index contributed by atoms with van der Waals surface area (Å²) >= 11 is 0. The van der Waals surface area contributed by atoms with Gasteiger partial charge in [-0.2, -0.15) is 0 Å². The molecule has 0 amide bonds. The third-order valence-electron chi connectivity index (χ3n) is 13.6. The summed E-state index contributed by atoms with van der Waals surface area (Å²) in [6, 6.07) is 0. The summed E-state index contributed by atoms with van der Waals surface area (Å²) in [5.74, 6) is -0.925. The van der Waals surface area contributed by atoms with Gasteiger partial charge in [-0.3, -0.25) is 14.4 Å². The number of hydrogen-bond donors (Lipinski definition) is 0. The molecular weight excluding hydrogens is 973 g/mol. The largest absolute Gasteiger partial charge is 0.462 e. The molecule has 0 aliphatic carbocycles. The molecule has 0 bridgehead atoms. The van der Waals surface area contributed by atoms with Gasteiger partial charge < -0.3 is 14.2 Å². The standard InChI is InChI=1S/C73H120O6/c1-4-7-10-13-16-19-21-23-25-27-29-31-33-34-35-36-37-38-40-41-43-45-47-49-51-54-57-60-63-66-72(75)78-69-70(68-77-71(74)65-62-59-56-53-18-15-12-9-6-3)79-73(76)67-64-61-58-55-52-50-48-46-44-42-39-32-30-28-26-24-22-20-17-14-11-8-5-2/h7,10,16,19,22-25,28-31,34-35,37-39,41-43,47,49,70H,4-6,8-9,11-15,17-18,20-21,26-27,32-33,36,40,44-46,48,50-69H2,1-3H3/b10-7-,19-16-,24-22-,25-23-,30-28-,31-29-,35-34-,38-37-,42-39-,43-41-,49-47-. The number of carbonyl (C=O) groups is 3. The van der Waals surface area contributed by atoms with E-state index in [0.717, 1.165) is 141 Å². The zero-order chi connectivity index (χ0) is 57.1. The number of allylic oxidation sites excluding steroid dienone is 22. The van der Waals surface area contributed by atoms with Gasteiger partial charge in [0.1, 0.15) is 13.2 Å². The van der Waals surface area contributed by atoms with E-state index in [-0.39, 0.29) is 31.1 Å². The molecule has 0 aliphatic rings. The minimum atomic E-state index is -0.796. The molecule has 0 saturated heterocycles. The van der Waals surface area contributed by atoms with Gasteiger partial charge >= 0.3 is 17.9 Å². The van der Waals surface area contributed by atoms with Crippen molar-refractivity contribution in [2.24, 2.45) is 0 Å². The predicted molar refractivity (Wildman–Crippen MR) is 343 cm³/mol. The molecule has 0 aromatic carbocycles. The van der Waals surface area contributed by atoms with Gasteiger partial charge in [0.15, 0.2) is 6.10 Å². The Morgan fingerprint density at radius 3 is 0.772 bits per heavy atom. The van der Waals surface area contributed by atoms with E-state index >= 15 is 0 Å². The van der Waals surface area contributed by atoms with Crippen molar-refractivity contribution in [2.75, 3.05) is 13.2 Å². The van der Waals surface area contributed by atoms with Crippen LogP contribution in [0.15, 0.2) is 134 Å². The van der Waals surface area contributed by atoms with Gasteiger partial charge in [-0.15, -0.1) is 0 Å². The first kappa shape index (κ1) is 74.5. The Kier molecular flexibility index (Phi) is 62.3. The van der Waals surface area contributed by atoms with Crippen LogP contribution in [0, 0.1) is 0 Å². The molecule has 0 fully saturated rings. The molecule has 0 aromatic heterocycles. The number of esters is 3. The Balaban J connectivity index is 4.32. The monoisotopic (exact) mass is 1090 g/mol. The summed E-state index contributed by atoms with van der Waals surface area (Å²) in [6.07, 6.45) is 93.2. The van der Waals surface area contributed by atoms with E-state index in [1.54, 1.807) is 0 Å². The molecule has 0 radical (unpaired) electrons. The maximum absolute atomic E-state index is 12.9. The highest BCUT2D eigenvalue weighted by Gasteiger charge is 2.19. The van der Waals surface area contributed by atoms with Crippen LogP contribution in [0.25, 0.3) is 0 Å². The molecule has 0 rings (SSSR count). The number of unbranched alkanes of at least 4 members (excludes halogenated alkanes) is 25. The molecule has 0 aromatic rings. The summed E-state index contributed by atoms with van der Waals surface area (Å²) in [4.78, 5) is 38.2. The second-order valence-electron chi connectivity index (χ2n) is 21.3. The van der Waals surface area contributed by atoms with Gasteiger partial charge in [0.2, 0.25) is 0 Å². The third-order valence-corrected chi connectivity index (χ3v) is 13.6. The van der Waals surface area contributed by atoms with Crippen molar-refractivity contribution in [1.29, 1.82) is 0 Å². The Morgan fingerprint density at radius 2 is 0.494 bits per heavy atom. The molecule has 448 valence electrons. The Hall–Kier alpha value is -4.45. The quantitative estimate of drug-likeness (QED) is 0.0261. The predicted octanol–water partition coefficient (Wildman–Crippen LogP) is 22.5. The highest BCUT2D eigenvalue weighted by molar-refractivity contribution is 5.71. The molecule has 6 heteroatoms. The van der Waals surface area contributed by atoms with Crippen LogP contribution >= 0.6 is 0 Å². The summed E-state index contributed by atoms with van der Waals surface area (Å²) in [6.45, 7) is 6.47. The fraction of sp³-hybridized carbons (Fsp3) is 0.658. The smallest absolute Gasteiger partial charge is 0.306 e. The third kappa shape index (κ3) is 64.3. The molecule has 0 heterocycles. The molecular formula is C73H120O6. The van der Waals surface area contributed by atoms with Crippen molar-refractivity contribution >= 4 is 17.9 Å². The fourth-order valence-electron chi connectivity index (χ4n) is 8.76. The summed E-state index contributed by atoms with van der Waals surface area (Å²) in [5, 5.41) is 0. The van der Waals surface area contributed by atoms with Crippen LogP contribution in [0.1, 0.15) is 290 Å². The molecule has 0 aliphatic heterocycles. The van der Waals surface area contributed by atoms with Gasteiger partial charge in [-0.1, -0.05) is 283 Å². The van der Waals surface area contributed by atoms with E-state index in [1.165, 1.54) is 109 Å². The highest BCUT2D eigenvalue weighted by Crippen LogP contribution is 2.15. The summed E-state index contributed by atoms with van der Waals surface area (Å²) in [7, 11) is 0. The van der Waals surface area contributed by atoms with Crippen LogP contribution < -0.4 is 0 Å². The van der Waals surface area contributed by atoms with E-state index in [1.807, 2.05) is 0 Å². The summed E-state index contributed by atoms with van der Waals surface area (Å²) < 4.78 is 16.9. The average Bonchev–Trinajstić information content (AvgIpc) is 3.45. The Labute approximate surface area is 487 Å². The lowest BCUT2D eigenvalue weighted by Gasteiger charge is -2.18. The SMILES string of the molecule is CC/C=C\C/C=C\C/C=C\C/C=C\C/C=C\C/C=C\C/C=C\C/C=C\CCCCCCC(=O)OCC(COC(=O)CCCCCCCCCCC)OC(=O)CCCCCCCCCC/C=C\C/C=C\C/C=C\CCCCCCC. The van der Waals surface area contributed by atoms with Crippen molar-refractivity contribution in [3.8, 4) is 0 Å². The Bertz CT molecular complexity index is 1680. The van der Waals surface area contributed by atoms with E-state index < -0.39 is 6.10 Å². The first-order valence-electron chi connectivity index (χ1n) is 32.7. The van der Waals surface area contributed by atoms with Crippen molar-refractivity contribution < 1.29 is 28.6 Å². The van der Waals surface area contributed by atoms with Crippen molar-refractivity contribution in [3.05, 3.63) is 134 Å². The topological polar surface area (TPSA) is 78.9 Å². The van der Waals surface area contributed by atoms with E-state index in [0.29, 0.717) is 19.3 Å². The minimum absolute atomic E-state index is 0.0911. The van der Waals surface area contributed by atoms with Gasteiger partial charge in [0.25, 0.3) is 0 Å². The van der Waals surface area contributed by atoms with Gasteiger partial charge in [-0.05, 0) is 122 Å².